The van der Waals surface area contributed by atoms with Crippen LogP contribution in [0.1, 0.15) is 26.3 Å². The van der Waals surface area contributed by atoms with Crippen LogP contribution in [-0.4, -0.2) is -0.0619 Å². The lowest BCUT2D eigenvalue weighted by atomic mass is 10.2. The van der Waals surface area contributed by atoms with Crippen molar-refractivity contribution in [2.75, 3.05) is 0 Å². The predicted molar refractivity (Wildman–Crippen MR) is 93.0 cm³/mol. The van der Waals surface area contributed by atoms with Crippen molar-refractivity contribution in [1.82, 2.24) is 0 Å². The van der Waals surface area contributed by atoms with Crippen molar-refractivity contribution in [1.29, 1.82) is 0 Å². The highest BCUT2D eigenvalue weighted by molar-refractivity contribution is 14.3. The van der Waals surface area contributed by atoms with Gasteiger partial charge in [-0.2, -0.15) is 0 Å². The summed E-state index contributed by atoms with van der Waals surface area (Å²) in [5.74, 6) is 0. The van der Waals surface area contributed by atoms with E-state index >= 15 is 0 Å². The van der Waals surface area contributed by atoms with Gasteiger partial charge >= 0.3 is 0 Å². The minimum Gasteiger partial charge on any atom is -0.0683 e. The van der Waals surface area contributed by atoms with Gasteiger partial charge in [0.1, 0.15) is -0.0619 Å². The van der Waals surface area contributed by atoms with Crippen LogP contribution in [0.4, 0.5) is 0 Å². The molecule has 0 aliphatic carbocycles. The average molecular weight is 530 g/mol. The van der Waals surface area contributed by atoms with Crippen molar-refractivity contribution >= 4 is 67.8 Å². The molecule has 0 saturated carbocycles. The average Bonchev–Trinajstić information content (AvgIpc) is 2.21. The summed E-state index contributed by atoms with van der Waals surface area (Å²) in [5.41, 5.74) is 1.41. The second-order valence-corrected chi connectivity index (χ2v) is 13.0. The molecule has 82 valence electrons. The first-order chi connectivity index (χ1) is 6.66. The Morgan fingerprint density at radius 1 is 1.00 bits per heavy atom. The fourth-order valence-corrected chi connectivity index (χ4v) is 0.714. The zero-order valence-electron chi connectivity index (χ0n) is 8.81. The van der Waals surface area contributed by atoms with Crippen LogP contribution < -0.4 is 0 Å². The van der Waals surface area contributed by atoms with Crippen LogP contribution in [-0.2, 0) is 6.42 Å². The van der Waals surface area contributed by atoms with E-state index in [2.05, 4.69) is 99.0 Å². The van der Waals surface area contributed by atoms with Crippen molar-refractivity contribution in [2.24, 2.45) is 0 Å². The predicted octanol–water partition coefficient (Wildman–Crippen LogP) is 5.85. The summed E-state index contributed by atoms with van der Waals surface area (Å²) in [6.45, 7) is 6.16. The maximum atomic E-state index is 2.32. The van der Waals surface area contributed by atoms with Crippen LogP contribution in [0.2, 0.25) is 0 Å². The van der Waals surface area contributed by atoms with Crippen LogP contribution in [0.3, 0.4) is 0 Å². The Morgan fingerprint density at radius 3 is 1.57 bits per heavy atom. The molecule has 0 aliphatic rings. The molecule has 1 rings (SSSR count). The lowest BCUT2D eigenvalue weighted by Gasteiger charge is -1.89. The van der Waals surface area contributed by atoms with Gasteiger partial charge in [-0.25, -0.2) is 0 Å². The van der Waals surface area contributed by atoms with E-state index in [1.54, 1.807) is 0 Å². The van der Waals surface area contributed by atoms with Crippen molar-refractivity contribution in [3.05, 3.63) is 35.9 Å². The van der Waals surface area contributed by atoms with E-state index < -0.39 is 0 Å². The zero-order chi connectivity index (χ0) is 11.4. The Balaban J connectivity index is 0. The first-order valence-electron chi connectivity index (χ1n) is 4.63. The monoisotopic (exact) mass is 530 g/mol. The van der Waals surface area contributed by atoms with Crippen molar-refractivity contribution in [2.45, 2.75) is 27.1 Å². The number of hydrogen-bond acceptors (Lipinski definition) is 0. The number of hydrogen-bond donors (Lipinski definition) is 0. The smallest absolute Gasteiger partial charge is 0.0683 e. The summed E-state index contributed by atoms with van der Waals surface area (Å²) < 4.78 is 0.743. The van der Waals surface area contributed by atoms with Gasteiger partial charge in [0.15, 0.2) is 0 Å². The summed E-state index contributed by atoms with van der Waals surface area (Å²) >= 11 is 6.95. The SMILES string of the molecule is CC.CCc1ccccc1.IC(I)I. The summed E-state index contributed by atoms with van der Waals surface area (Å²) in [7, 11) is 0. The molecule has 0 N–H and O–H groups in total. The Kier molecular flexibility index (Phi) is 18.3. The third-order valence-corrected chi connectivity index (χ3v) is 1.25. The van der Waals surface area contributed by atoms with E-state index in [1.165, 1.54) is 5.56 Å². The summed E-state index contributed by atoms with van der Waals surface area (Å²) in [5, 5.41) is 0. The minimum absolute atomic E-state index is 0.743. The first-order valence-corrected chi connectivity index (χ1v) is 8.36. The summed E-state index contributed by atoms with van der Waals surface area (Å²) in [6, 6.07) is 10.5. The molecule has 0 amide bonds. The van der Waals surface area contributed by atoms with Gasteiger partial charge in [0.05, 0.1) is 0 Å². The second-order valence-electron chi connectivity index (χ2n) is 2.09. The van der Waals surface area contributed by atoms with Crippen LogP contribution in [0.15, 0.2) is 30.3 Å². The fraction of sp³-hybridized carbons (Fsp3) is 0.455. The summed E-state index contributed by atoms with van der Waals surface area (Å²) in [6.07, 6.45) is 1.14. The topological polar surface area (TPSA) is 0 Å². The van der Waals surface area contributed by atoms with Crippen LogP contribution >= 0.6 is 67.8 Å². The molecular weight excluding hydrogens is 513 g/mol. The quantitative estimate of drug-likeness (QED) is 0.316. The number of aryl methyl sites for hydroxylation is 1. The third kappa shape index (κ3) is 15.9. The molecule has 0 aliphatic heterocycles. The van der Waals surface area contributed by atoms with Gasteiger partial charge in [-0.15, -0.1) is 0 Å². The molecule has 1 aromatic rings. The second kappa shape index (κ2) is 14.4. The van der Waals surface area contributed by atoms with E-state index in [4.69, 9.17) is 0 Å². The number of benzene rings is 1. The van der Waals surface area contributed by atoms with E-state index in [1.807, 2.05) is 19.9 Å². The van der Waals surface area contributed by atoms with E-state index in [-0.39, 0.29) is 0 Å². The molecule has 0 nitrogen and oxygen atoms in total. The van der Waals surface area contributed by atoms with Gasteiger partial charge in [-0.3, -0.25) is 0 Å². The van der Waals surface area contributed by atoms with Crippen molar-refractivity contribution in [3.63, 3.8) is 0 Å². The highest BCUT2D eigenvalue weighted by Crippen LogP contribution is 2.16. The molecule has 0 aromatic heterocycles. The van der Waals surface area contributed by atoms with E-state index in [0.717, 1.165) is 6.36 Å². The molecule has 1 aromatic carbocycles. The van der Waals surface area contributed by atoms with Crippen LogP contribution in [0, 0.1) is 0 Å². The van der Waals surface area contributed by atoms with Crippen LogP contribution in [0.5, 0.6) is 0 Å². The number of halogens is 3. The molecule has 0 unspecified atom stereocenters. The highest BCUT2D eigenvalue weighted by Gasteiger charge is 1.80. The van der Waals surface area contributed by atoms with Gasteiger partial charge in [-0.05, 0) is 12.0 Å². The molecule has 0 heterocycles. The minimum atomic E-state index is 0.743. The molecule has 0 spiro atoms. The molecule has 0 radical (unpaired) electrons. The van der Waals surface area contributed by atoms with Gasteiger partial charge in [0.2, 0.25) is 0 Å². The van der Waals surface area contributed by atoms with E-state index in [0.29, 0.717) is 0 Å². The van der Waals surface area contributed by atoms with Crippen LogP contribution in [0.25, 0.3) is 0 Å². The Morgan fingerprint density at radius 2 is 1.36 bits per heavy atom. The van der Waals surface area contributed by atoms with Gasteiger partial charge in [0.25, 0.3) is 0 Å². The zero-order valence-corrected chi connectivity index (χ0v) is 15.3. The van der Waals surface area contributed by atoms with Gasteiger partial charge < -0.3 is 0 Å². The molecule has 0 saturated heterocycles. The fourth-order valence-electron chi connectivity index (χ4n) is 0.714. The maximum Gasteiger partial charge on any atom is 0.114 e. The largest absolute Gasteiger partial charge is 0.114 e. The third-order valence-electron chi connectivity index (χ3n) is 1.25. The molecular formula is C11H17I3. The number of rotatable bonds is 1. The summed E-state index contributed by atoms with van der Waals surface area (Å²) in [4.78, 5) is 0. The van der Waals surface area contributed by atoms with Crippen molar-refractivity contribution in [3.8, 4) is 0 Å². The first kappa shape index (κ1) is 17.8. The van der Waals surface area contributed by atoms with Crippen molar-refractivity contribution < 1.29 is 0 Å². The molecule has 3 heteroatoms. The molecule has 0 fully saturated rings. The highest BCUT2D eigenvalue weighted by atomic mass is 127. The Bertz CT molecular complexity index is 182. The molecule has 0 bridgehead atoms. The molecule has 0 atom stereocenters. The van der Waals surface area contributed by atoms with Gasteiger partial charge in [0, 0.05) is 0 Å². The standard InChI is InChI=1S/C8H10.C2H6.CHI3/c1-2-8-6-4-3-5-7-8;1-2;2-1(3)4/h3-7H,2H2,1H3;1-2H3;1H. The Hall–Kier alpha value is 1.41. The maximum absolute atomic E-state index is 2.32. The lowest BCUT2D eigenvalue weighted by Crippen LogP contribution is -1.73. The lowest BCUT2D eigenvalue weighted by molar-refractivity contribution is 1.14. The van der Waals surface area contributed by atoms with Gasteiger partial charge in [-0.1, -0.05) is 119 Å². The normalized spacial score (nSPS) is 8.21. The number of alkyl halides is 3. The van der Waals surface area contributed by atoms with E-state index in [9.17, 15) is 0 Å². The Labute approximate surface area is 129 Å². The molecule has 14 heavy (non-hydrogen) atoms.